The van der Waals surface area contributed by atoms with Crippen LogP contribution in [0.3, 0.4) is 0 Å². The quantitative estimate of drug-likeness (QED) is 0.318. The fourth-order valence-corrected chi connectivity index (χ4v) is 2.17. The van der Waals surface area contributed by atoms with Crippen molar-refractivity contribution in [3.05, 3.63) is 28.8 Å². The first-order chi connectivity index (χ1) is 9.34. The summed E-state index contributed by atoms with van der Waals surface area (Å²) in [5.74, 6) is -6.33. The van der Waals surface area contributed by atoms with Crippen molar-refractivity contribution in [2.24, 2.45) is 5.92 Å². The van der Waals surface area contributed by atoms with Crippen LogP contribution in [0.5, 0.6) is 0 Å². The molecular weight excluding hydrogens is 277 g/mol. The Morgan fingerprint density at radius 1 is 1.00 bits per heavy atom. The third-order valence-electron chi connectivity index (χ3n) is 3.23. The first-order valence-corrected chi connectivity index (χ1v) is 6.48. The molecule has 0 aliphatic carbocycles. The van der Waals surface area contributed by atoms with E-state index in [1.54, 1.807) is 6.92 Å². The third-order valence-corrected chi connectivity index (χ3v) is 3.23. The molecule has 1 rings (SSSR count). The van der Waals surface area contributed by atoms with Crippen molar-refractivity contribution in [3.63, 3.8) is 0 Å². The molecule has 0 saturated heterocycles. The van der Waals surface area contributed by atoms with E-state index in [4.69, 9.17) is 0 Å². The van der Waals surface area contributed by atoms with Gasteiger partial charge in [-0.25, -0.2) is 22.0 Å². The zero-order valence-corrected chi connectivity index (χ0v) is 11.7. The van der Waals surface area contributed by atoms with Crippen LogP contribution in [0.25, 0.3) is 0 Å². The third kappa shape index (κ3) is 3.22. The molecule has 1 unspecified atom stereocenters. The Hall–Kier alpha value is -1.33. The van der Waals surface area contributed by atoms with Gasteiger partial charge in [0.05, 0.1) is 0 Å². The number of nitrogens with zero attached hydrogens (tertiary/aromatic N) is 1. The number of halogens is 5. The number of benzene rings is 1. The highest BCUT2D eigenvalue weighted by atomic mass is 19.2. The second-order valence-electron chi connectivity index (χ2n) is 4.97. The minimum absolute atomic E-state index is 0.0250. The zero-order valence-electron chi connectivity index (χ0n) is 11.7. The van der Waals surface area contributed by atoms with E-state index in [2.05, 4.69) is 0 Å². The molecule has 0 bridgehead atoms. The van der Waals surface area contributed by atoms with Gasteiger partial charge >= 0.3 is 0 Å². The summed E-state index contributed by atoms with van der Waals surface area (Å²) in [6.45, 7) is 3.57. The van der Waals surface area contributed by atoms with E-state index in [1.165, 1.54) is 0 Å². The Morgan fingerprint density at radius 3 is 2.10 bits per heavy atom. The molecule has 0 saturated carbocycles. The Kier molecular flexibility index (Phi) is 5.77. The van der Waals surface area contributed by atoms with Gasteiger partial charge in [-0.2, -0.15) is 0 Å². The molecule has 1 aromatic carbocycles. The number of rotatable bonds is 6. The molecule has 0 aliphatic heterocycles. The smallest absolute Gasteiger partial charge is 0.197 e. The van der Waals surface area contributed by atoms with Gasteiger partial charge in [-0.1, -0.05) is 20.3 Å². The van der Waals surface area contributed by atoms with Crippen LogP contribution in [0.2, 0.25) is 0 Å². The second-order valence-corrected chi connectivity index (χ2v) is 4.97. The molecule has 6 heteroatoms. The lowest BCUT2D eigenvalue weighted by atomic mass is 10.0. The highest BCUT2D eigenvalue weighted by molar-refractivity contribution is 5.52. The van der Waals surface area contributed by atoms with Crippen molar-refractivity contribution >= 4 is 5.69 Å². The van der Waals surface area contributed by atoms with Crippen molar-refractivity contribution in [2.45, 2.75) is 33.6 Å². The van der Waals surface area contributed by atoms with Crippen LogP contribution in [-0.2, 0) is 0 Å². The van der Waals surface area contributed by atoms with Crippen molar-refractivity contribution in [1.29, 1.82) is 0 Å². The summed E-state index contributed by atoms with van der Waals surface area (Å²) in [5, 5.41) is 0. The maximum atomic E-state index is 13.9. The Labute approximate surface area is 115 Å². The molecular formula is C14H18F5N. The van der Waals surface area contributed by atoms with Gasteiger partial charge in [0, 0.05) is 12.1 Å². The molecule has 0 radical (unpaired) electrons. The highest BCUT2D eigenvalue weighted by Gasteiger charge is 2.27. The van der Waals surface area contributed by atoms with Gasteiger partial charge in [-0.3, -0.25) is 0 Å². The van der Waals surface area contributed by atoms with Gasteiger partial charge in [0.1, 0.15) is 5.69 Å². The Balaban J connectivity index is 3.22. The second kappa shape index (κ2) is 6.90. The first kappa shape index (κ1) is 16.7. The van der Waals surface area contributed by atoms with Crippen molar-refractivity contribution in [3.8, 4) is 0 Å². The predicted octanol–water partition coefficient (Wildman–Crippen LogP) is 4.72. The summed E-state index contributed by atoms with van der Waals surface area (Å²) in [6.07, 6.45) is 1.57. The summed E-state index contributed by atoms with van der Waals surface area (Å²) in [7, 11) is 0. The number of anilines is 1. The Morgan fingerprint density at radius 2 is 1.60 bits per heavy atom. The molecule has 1 atom stereocenters. The fraction of sp³-hybridized carbons (Fsp3) is 0.571. The summed E-state index contributed by atoms with van der Waals surface area (Å²) in [4.78, 5) is 0.764. The van der Waals surface area contributed by atoms with Crippen LogP contribution in [0.1, 0.15) is 32.3 Å². The van der Waals surface area contributed by atoms with Gasteiger partial charge < -0.3 is 4.90 Å². The van der Waals surface area contributed by atoms with Crippen molar-refractivity contribution in [2.75, 3.05) is 18.2 Å². The van der Waals surface area contributed by atoms with E-state index in [0.29, 0.717) is 0 Å². The van der Waals surface area contributed by atoms with E-state index in [0.717, 1.165) is 24.7 Å². The van der Waals surface area contributed by atoms with E-state index in [1.807, 2.05) is 6.92 Å². The molecule has 0 spiro atoms. The van der Waals surface area contributed by atoms with Crippen LogP contribution < -0.4 is 4.90 Å². The van der Waals surface area contributed by atoms with Crippen LogP contribution >= 0.6 is 0 Å². The summed E-state index contributed by atoms with van der Waals surface area (Å²) >= 11 is 0. The molecule has 0 aromatic heterocycles. The highest BCUT2D eigenvalue weighted by Crippen LogP contribution is 2.31. The standard InChI is InChI=1S/C14H18F5N/c1-4-5-8(2)6-20(7-15)14-11(17)9(3)10(16)12(18)13(14)19/h8H,4-7H2,1-3H3. The molecule has 114 valence electrons. The molecule has 1 aromatic rings. The maximum absolute atomic E-state index is 13.9. The number of hydrogen-bond donors (Lipinski definition) is 0. The molecule has 0 fully saturated rings. The maximum Gasteiger partial charge on any atom is 0.197 e. The van der Waals surface area contributed by atoms with E-state index < -0.39 is 41.3 Å². The molecule has 0 amide bonds. The number of alkyl halides is 1. The zero-order chi connectivity index (χ0) is 15.4. The first-order valence-electron chi connectivity index (χ1n) is 6.48. The molecule has 0 heterocycles. The average Bonchev–Trinajstić information content (AvgIpc) is 2.42. The van der Waals surface area contributed by atoms with Crippen LogP contribution in [0, 0.1) is 36.1 Å². The number of hydrogen-bond acceptors (Lipinski definition) is 1. The molecule has 1 nitrogen and oxygen atoms in total. The van der Waals surface area contributed by atoms with Gasteiger partial charge in [0.15, 0.2) is 30.1 Å². The summed E-state index contributed by atoms with van der Waals surface area (Å²) in [6, 6.07) is 0. The summed E-state index contributed by atoms with van der Waals surface area (Å²) in [5.41, 5.74) is -1.49. The van der Waals surface area contributed by atoms with Crippen LogP contribution in [0.15, 0.2) is 0 Å². The Bertz CT molecular complexity index is 446. The van der Waals surface area contributed by atoms with Gasteiger partial charge in [-0.05, 0) is 19.3 Å². The fourth-order valence-electron chi connectivity index (χ4n) is 2.17. The minimum atomic E-state index is -1.78. The summed E-state index contributed by atoms with van der Waals surface area (Å²) < 4.78 is 67.2. The lowest BCUT2D eigenvalue weighted by Crippen LogP contribution is -2.30. The van der Waals surface area contributed by atoms with Crippen molar-refractivity contribution < 1.29 is 22.0 Å². The average molecular weight is 295 g/mol. The molecule has 0 N–H and O–H groups in total. The van der Waals surface area contributed by atoms with E-state index in [9.17, 15) is 22.0 Å². The predicted molar refractivity (Wildman–Crippen MR) is 68.4 cm³/mol. The normalized spacial score (nSPS) is 12.6. The topological polar surface area (TPSA) is 3.24 Å². The minimum Gasteiger partial charge on any atom is -0.339 e. The van der Waals surface area contributed by atoms with E-state index in [-0.39, 0.29) is 12.5 Å². The monoisotopic (exact) mass is 295 g/mol. The largest absolute Gasteiger partial charge is 0.339 e. The van der Waals surface area contributed by atoms with Gasteiger partial charge in [0.25, 0.3) is 0 Å². The molecule has 0 aliphatic rings. The lowest BCUT2D eigenvalue weighted by molar-refractivity contribution is 0.398. The van der Waals surface area contributed by atoms with E-state index >= 15 is 0 Å². The van der Waals surface area contributed by atoms with Gasteiger partial charge in [0.2, 0.25) is 0 Å². The van der Waals surface area contributed by atoms with Gasteiger partial charge in [-0.15, -0.1) is 0 Å². The van der Waals surface area contributed by atoms with Crippen LogP contribution in [0.4, 0.5) is 27.6 Å². The lowest BCUT2D eigenvalue weighted by Gasteiger charge is -2.26. The van der Waals surface area contributed by atoms with Crippen LogP contribution in [-0.4, -0.2) is 13.3 Å². The SMILES string of the molecule is CCCC(C)CN(CF)c1c(F)c(C)c(F)c(F)c1F. The molecule has 20 heavy (non-hydrogen) atoms. The van der Waals surface area contributed by atoms with Crippen molar-refractivity contribution in [1.82, 2.24) is 0 Å².